The van der Waals surface area contributed by atoms with E-state index in [1.807, 2.05) is 25.9 Å². The number of fused-ring (bicyclic) bond motifs is 2. The number of carbonyl (C=O) groups is 4. The summed E-state index contributed by atoms with van der Waals surface area (Å²) in [6, 6.07) is 0. The molecule has 1 aliphatic heterocycles. The first-order valence-electron chi connectivity index (χ1n) is 14.6. The van der Waals surface area contributed by atoms with Crippen LogP contribution in [0.25, 0.3) is 0 Å². The van der Waals surface area contributed by atoms with Gasteiger partial charge in [-0.25, -0.2) is 4.79 Å². The van der Waals surface area contributed by atoms with Crippen LogP contribution in [0, 0.1) is 11.8 Å². The van der Waals surface area contributed by atoms with Gasteiger partial charge in [0, 0.05) is 50.4 Å². The Balaban J connectivity index is 2.66. The average molecular weight is 617 g/mol. The van der Waals surface area contributed by atoms with Gasteiger partial charge in [0.05, 0.1) is 30.2 Å². The number of nitrogens with one attached hydrogen (secondary N) is 2. The van der Waals surface area contributed by atoms with Crippen molar-refractivity contribution in [2.75, 3.05) is 48.0 Å². The molecule has 2 bridgehead atoms. The SMILES string of the molecule is COC[C@@]1(OC(N)=O)/C=C\C=C(/C)C(=O)NC2=CC(=O)C(NCCN(C)C)=C(C[C@@H](C)C[C@H](OC)[C@H](O)[C@@H](C)C=C1C)C2=O. The van der Waals surface area contributed by atoms with Gasteiger partial charge in [0.2, 0.25) is 11.6 Å². The minimum absolute atomic E-state index is 0.0923. The number of ketones is 2. The number of amides is 2. The highest BCUT2D eigenvalue weighted by molar-refractivity contribution is 6.23. The van der Waals surface area contributed by atoms with Crippen LogP contribution in [0.3, 0.4) is 0 Å². The second-order valence-electron chi connectivity index (χ2n) is 11.8. The first-order valence-corrected chi connectivity index (χ1v) is 14.6. The van der Waals surface area contributed by atoms with Crippen LogP contribution in [-0.4, -0.2) is 99.4 Å². The van der Waals surface area contributed by atoms with Crippen molar-refractivity contribution in [3.05, 3.63) is 58.5 Å². The van der Waals surface area contributed by atoms with Crippen LogP contribution in [0.1, 0.15) is 40.5 Å². The van der Waals surface area contributed by atoms with Gasteiger partial charge >= 0.3 is 6.09 Å². The van der Waals surface area contributed by atoms with Crippen LogP contribution in [-0.2, 0) is 28.6 Å². The molecule has 244 valence electrons. The fourth-order valence-electron chi connectivity index (χ4n) is 5.23. The van der Waals surface area contributed by atoms with Crippen molar-refractivity contribution in [3.63, 3.8) is 0 Å². The third kappa shape index (κ3) is 9.71. The quantitative estimate of drug-likeness (QED) is 0.233. The van der Waals surface area contributed by atoms with Crippen LogP contribution in [0.15, 0.2) is 58.5 Å². The van der Waals surface area contributed by atoms with E-state index >= 15 is 0 Å². The lowest BCUT2D eigenvalue weighted by atomic mass is 9.84. The molecule has 5 atom stereocenters. The number of aliphatic hydroxyl groups is 1. The van der Waals surface area contributed by atoms with Gasteiger partial charge < -0.3 is 40.6 Å². The van der Waals surface area contributed by atoms with E-state index in [0.717, 1.165) is 6.08 Å². The molecule has 1 heterocycles. The maximum atomic E-state index is 13.7. The van der Waals surface area contributed by atoms with Gasteiger partial charge in [-0.05, 0) is 58.4 Å². The second-order valence-corrected chi connectivity index (χ2v) is 11.8. The lowest BCUT2D eigenvalue weighted by molar-refractivity contribution is -0.120. The number of nitrogens with zero attached hydrogens (tertiary/aromatic N) is 1. The van der Waals surface area contributed by atoms with E-state index < -0.39 is 47.3 Å². The normalized spacial score (nSPS) is 29.5. The Morgan fingerprint density at radius 3 is 2.48 bits per heavy atom. The third-order valence-electron chi connectivity index (χ3n) is 7.75. The molecule has 0 unspecified atom stereocenters. The van der Waals surface area contributed by atoms with Crippen molar-refractivity contribution in [2.24, 2.45) is 17.6 Å². The van der Waals surface area contributed by atoms with Crippen molar-refractivity contribution < 1.29 is 38.5 Å². The smallest absolute Gasteiger partial charge is 0.405 e. The zero-order valence-electron chi connectivity index (χ0n) is 27.1. The maximum absolute atomic E-state index is 13.7. The van der Waals surface area contributed by atoms with E-state index in [1.54, 1.807) is 26.8 Å². The van der Waals surface area contributed by atoms with E-state index in [0.29, 0.717) is 25.1 Å². The van der Waals surface area contributed by atoms with Crippen LogP contribution >= 0.6 is 0 Å². The van der Waals surface area contributed by atoms with Crippen LogP contribution in [0.2, 0.25) is 0 Å². The topological polar surface area (TPSA) is 170 Å². The summed E-state index contributed by atoms with van der Waals surface area (Å²) in [5.41, 5.74) is 5.09. The molecule has 44 heavy (non-hydrogen) atoms. The van der Waals surface area contributed by atoms with Crippen LogP contribution in [0.5, 0.6) is 0 Å². The summed E-state index contributed by atoms with van der Waals surface area (Å²) in [5, 5.41) is 17.0. The maximum Gasteiger partial charge on any atom is 0.405 e. The molecule has 0 saturated heterocycles. The number of primary amides is 1. The second kappa shape index (κ2) is 16.5. The Morgan fingerprint density at radius 1 is 1.20 bits per heavy atom. The predicted molar refractivity (Wildman–Crippen MR) is 166 cm³/mol. The van der Waals surface area contributed by atoms with Gasteiger partial charge in [-0.1, -0.05) is 32.1 Å². The van der Waals surface area contributed by atoms with Gasteiger partial charge in [-0.3, -0.25) is 14.4 Å². The molecule has 0 aromatic rings. The summed E-state index contributed by atoms with van der Waals surface area (Å²) in [5.74, 6) is -2.13. The fourth-order valence-corrected chi connectivity index (χ4v) is 5.23. The zero-order chi connectivity index (χ0) is 33.2. The number of hydrogen-bond donors (Lipinski definition) is 4. The number of carbonyl (C=O) groups excluding carboxylic acids is 4. The molecule has 0 radical (unpaired) electrons. The summed E-state index contributed by atoms with van der Waals surface area (Å²) in [7, 11) is 6.75. The molecule has 5 N–H and O–H groups in total. The van der Waals surface area contributed by atoms with Gasteiger partial charge in [0.1, 0.15) is 0 Å². The molecule has 0 saturated carbocycles. The van der Waals surface area contributed by atoms with E-state index in [2.05, 4.69) is 10.6 Å². The Labute approximate surface area is 260 Å². The number of allylic oxidation sites excluding steroid dienone is 4. The average Bonchev–Trinajstić information content (AvgIpc) is 2.94. The van der Waals surface area contributed by atoms with Crippen LogP contribution < -0.4 is 16.4 Å². The van der Waals surface area contributed by atoms with Gasteiger partial charge in [-0.2, -0.15) is 0 Å². The molecular formula is C32H48N4O8. The molecule has 0 fully saturated rings. The van der Waals surface area contributed by atoms with Crippen molar-refractivity contribution in [1.82, 2.24) is 15.5 Å². The molecular weight excluding hydrogens is 568 g/mol. The van der Waals surface area contributed by atoms with E-state index in [-0.39, 0.29) is 41.5 Å². The number of ether oxygens (including phenoxy) is 3. The Hall–Kier alpha value is -3.58. The van der Waals surface area contributed by atoms with E-state index in [4.69, 9.17) is 19.9 Å². The number of methoxy groups -OCH3 is 2. The summed E-state index contributed by atoms with van der Waals surface area (Å²) in [6.07, 6.45) is 5.34. The van der Waals surface area contributed by atoms with Crippen LogP contribution in [0.4, 0.5) is 4.79 Å². The Kier molecular flexibility index (Phi) is 13.7. The summed E-state index contributed by atoms with van der Waals surface area (Å²) < 4.78 is 16.6. The third-order valence-corrected chi connectivity index (χ3v) is 7.75. The van der Waals surface area contributed by atoms with E-state index in [1.165, 1.54) is 32.4 Å². The molecule has 1 aliphatic carbocycles. The molecule has 0 aromatic carbocycles. The van der Waals surface area contributed by atoms with Crippen molar-refractivity contribution in [3.8, 4) is 0 Å². The molecule has 2 rings (SSSR count). The molecule has 0 spiro atoms. The molecule has 12 nitrogen and oxygen atoms in total. The van der Waals surface area contributed by atoms with Crippen molar-refractivity contribution in [1.29, 1.82) is 0 Å². The Bertz CT molecular complexity index is 1250. The minimum Gasteiger partial charge on any atom is -0.432 e. The highest BCUT2D eigenvalue weighted by atomic mass is 16.6. The fraction of sp³-hybridized carbons (Fsp3) is 0.562. The van der Waals surface area contributed by atoms with E-state index in [9.17, 15) is 24.3 Å². The van der Waals surface area contributed by atoms with Gasteiger partial charge in [-0.15, -0.1) is 0 Å². The molecule has 12 heteroatoms. The van der Waals surface area contributed by atoms with Crippen molar-refractivity contribution in [2.45, 2.75) is 58.3 Å². The first kappa shape index (κ1) is 36.6. The standard InChI is InChI=1S/C32H48N4O8/c1-19-14-23-27(34-12-13-36(5)6)25(37)17-24(29(23)39)35-30(40)20(2)10-9-11-32(18-42-7,44-31(33)41)22(4)16-21(3)28(38)26(15-19)43-8/h9-11,16-17,19,21,26,28,34,38H,12-15,18H2,1-8H3,(H2,33,41)(H,35,40)/b11-9-,20-10+,22-16?/t19-,21+,26+,28-,32+/m1/s1. The molecule has 0 aromatic heterocycles. The summed E-state index contributed by atoms with van der Waals surface area (Å²) in [4.78, 5) is 53.9. The Morgan fingerprint density at radius 2 is 1.89 bits per heavy atom. The van der Waals surface area contributed by atoms with Crippen molar-refractivity contribution >= 4 is 23.6 Å². The predicted octanol–water partition coefficient (Wildman–Crippen LogP) is 1.91. The van der Waals surface area contributed by atoms with Gasteiger partial charge in [0.25, 0.3) is 5.91 Å². The number of nitrogens with two attached hydrogens (primary N) is 1. The lowest BCUT2D eigenvalue weighted by Gasteiger charge is -2.33. The zero-order valence-corrected chi connectivity index (χ0v) is 27.1. The number of hydrogen-bond acceptors (Lipinski definition) is 10. The minimum atomic E-state index is -1.44. The number of Topliss-reactive ketones (excluding diaryl/α,β-unsaturated/α-hetero) is 1. The summed E-state index contributed by atoms with van der Waals surface area (Å²) in [6.45, 7) is 7.97. The number of likely N-dealkylation sites (N-methyl/N-ethyl adjacent to an activating group) is 1. The highest BCUT2D eigenvalue weighted by Crippen LogP contribution is 2.30. The monoisotopic (exact) mass is 616 g/mol. The highest BCUT2D eigenvalue weighted by Gasteiger charge is 2.36. The molecule has 2 aliphatic rings. The largest absolute Gasteiger partial charge is 0.432 e. The number of aliphatic hydroxyl groups excluding tert-OH is 1. The van der Waals surface area contributed by atoms with Gasteiger partial charge in [0.15, 0.2) is 5.60 Å². The summed E-state index contributed by atoms with van der Waals surface area (Å²) >= 11 is 0. The number of rotatable bonds is 8. The lowest BCUT2D eigenvalue weighted by Crippen LogP contribution is -2.42. The molecule has 2 amide bonds. The first-order chi connectivity index (χ1) is 20.6.